The lowest BCUT2D eigenvalue weighted by Gasteiger charge is -2.29. The highest BCUT2D eigenvalue weighted by Gasteiger charge is 2.60. The maximum absolute atomic E-state index is 14.6. The summed E-state index contributed by atoms with van der Waals surface area (Å²) in [5, 5.41) is 1.60. The van der Waals surface area contributed by atoms with Crippen LogP contribution in [-0.4, -0.2) is 31.1 Å². The van der Waals surface area contributed by atoms with E-state index in [-0.39, 0.29) is 5.69 Å². The Kier molecular flexibility index (Phi) is 6.61. The highest BCUT2D eigenvalue weighted by molar-refractivity contribution is 6.24. The summed E-state index contributed by atoms with van der Waals surface area (Å²) in [6, 6.07) is 19.9. The van der Waals surface area contributed by atoms with Crippen LogP contribution in [0.1, 0.15) is 31.9 Å². The molecule has 0 aromatic heterocycles. The fourth-order valence-corrected chi connectivity index (χ4v) is 4.73. The van der Waals surface area contributed by atoms with Gasteiger partial charge in [0.1, 0.15) is 11.7 Å². The van der Waals surface area contributed by atoms with Crippen molar-refractivity contribution in [3.63, 3.8) is 0 Å². The highest BCUT2D eigenvalue weighted by atomic mass is 19.1. The van der Waals surface area contributed by atoms with E-state index in [0.29, 0.717) is 30.4 Å². The normalized spacial score (nSPS) is 21.1. The van der Waals surface area contributed by atoms with Crippen molar-refractivity contribution >= 4 is 23.2 Å². The first kappa shape index (κ1) is 23.8. The largest absolute Gasteiger partial charge is 0.490 e. The van der Waals surface area contributed by atoms with Crippen LogP contribution in [0, 0.1) is 11.7 Å². The molecule has 0 aliphatic carbocycles. The van der Waals surface area contributed by atoms with E-state index in [4.69, 9.17) is 14.3 Å². The monoisotopic (exact) mass is 490 g/mol. The van der Waals surface area contributed by atoms with Crippen molar-refractivity contribution in [3.8, 4) is 11.5 Å². The molecular weight excluding hydrogens is 463 g/mol. The summed E-state index contributed by atoms with van der Waals surface area (Å²) in [5.41, 5.74) is 1.34. The lowest BCUT2D eigenvalue weighted by Crippen LogP contribution is -2.37. The second kappa shape index (κ2) is 9.99. The Morgan fingerprint density at radius 1 is 0.889 bits per heavy atom. The molecule has 36 heavy (non-hydrogen) atoms. The van der Waals surface area contributed by atoms with Gasteiger partial charge in [0.25, 0.3) is 5.91 Å². The van der Waals surface area contributed by atoms with Crippen LogP contribution in [0.25, 0.3) is 0 Å². The molecule has 186 valence electrons. The minimum atomic E-state index is -1.09. The molecule has 0 saturated carbocycles. The SMILES string of the molecule is CCCOc1ccc([C@@H]2[C@@H]3C(=O)N(c4ccccc4F)C(=O)[C@@H]3ON2c2ccccc2)cc1OCC. The molecule has 3 aromatic carbocycles. The first-order valence-electron chi connectivity index (χ1n) is 12.1. The Hall–Kier alpha value is -3.91. The van der Waals surface area contributed by atoms with Crippen LogP contribution in [0.5, 0.6) is 11.5 Å². The van der Waals surface area contributed by atoms with Crippen LogP contribution in [0.4, 0.5) is 15.8 Å². The van der Waals surface area contributed by atoms with Gasteiger partial charge in [-0.25, -0.2) is 14.4 Å². The number of hydrogen-bond acceptors (Lipinski definition) is 6. The van der Waals surface area contributed by atoms with Gasteiger partial charge in [0.15, 0.2) is 17.6 Å². The number of para-hydroxylation sites is 2. The van der Waals surface area contributed by atoms with E-state index in [0.717, 1.165) is 16.9 Å². The van der Waals surface area contributed by atoms with Gasteiger partial charge in [0.2, 0.25) is 5.91 Å². The third kappa shape index (κ3) is 4.07. The van der Waals surface area contributed by atoms with Crippen LogP contribution < -0.4 is 19.4 Å². The molecule has 2 aliphatic heterocycles. The Morgan fingerprint density at radius 3 is 2.36 bits per heavy atom. The third-order valence-electron chi connectivity index (χ3n) is 6.29. The molecule has 2 heterocycles. The second-order valence-corrected chi connectivity index (χ2v) is 8.61. The second-order valence-electron chi connectivity index (χ2n) is 8.61. The fourth-order valence-electron chi connectivity index (χ4n) is 4.73. The average Bonchev–Trinajstić information content (AvgIpc) is 3.40. The molecule has 7 nitrogen and oxygen atoms in total. The molecule has 2 aliphatic rings. The molecule has 3 aromatic rings. The summed E-state index contributed by atoms with van der Waals surface area (Å²) in [6.07, 6.45) is -0.244. The molecule has 0 unspecified atom stereocenters. The van der Waals surface area contributed by atoms with Gasteiger partial charge in [-0.05, 0) is 55.3 Å². The Bertz CT molecular complexity index is 1270. The molecule has 0 bridgehead atoms. The fraction of sp³-hybridized carbons (Fsp3) is 0.286. The highest BCUT2D eigenvalue weighted by Crippen LogP contribution is 2.49. The summed E-state index contributed by atoms with van der Waals surface area (Å²) in [6.45, 7) is 4.87. The zero-order chi connectivity index (χ0) is 25.2. The smallest absolute Gasteiger partial charge is 0.266 e. The maximum Gasteiger partial charge on any atom is 0.266 e. The number of carbonyl (C=O) groups is 2. The Labute approximate surface area is 208 Å². The number of amides is 2. The van der Waals surface area contributed by atoms with Gasteiger partial charge in [-0.2, -0.15) is 0 Å². The topological polar surface area (TPSA) is 68.3 Å². The summed E-state index contributed by atoms with van der Waals surface area (Å²) < 4.78 is 26.3. The van der Waals surface area contributed by atoms with Crippen LogP contribution in [0.2, 0.25) is 0 Å². The predicted molar refractivity (Wildman–Crippen MR) is 132 cm³/mol. The van der Waals surface area contributed by atoms with Gasteiger partial charge in [0.05, 0.1) is 30.6 Å². The van der Waals surface area contributed by atoms with E-state index in [1.807, 2.05) is 62.4 Å². The van der Waals surface area contributed by atoms with Crippen LogP contribution >= 0.6 is 0 Å². The van der Waals surface area contributed by atoms with Crippen LogP contribution in [0.15, 0.2) is 72.8 Å². The van der Waals surface area contributed by atoms with Gasteiger partial charge in [-0.15, -0.1) is 0 Å². The number of hydrogen-bond donors (Lipinski definition) is 0. The number of benzene rings is 3. The van der Waals surface area contributed by atoms with E-state index >= 15 is 0 Å². The Morgan fingerprint density at radius 2 is 1.64 bits per heavy atom. The van der Waals surface area contributed by atoms with Gasteiger partial charge in [-0.3, -0.25) is 14.4 Å². The minimum Gasteiger partial charge on any atom is -0.490 e. The van der Waals surface area contributed by atoms with Gasteiger partial charge >= 0.3 is 0 Å². The maximum atomic E-state index is 14.6. The summed E-state index contributed by atoms with van der Waals surface area (Å²) >= 11 is 0. The molecule has 3 atom stereocenters. The summed E-state index contributed by atoms with van der Waals surface area (Å²) in [4.78, 5) is 34.1. The summed E-state index contributed by atoms with van der Waals surface area (Å²) in [5.74, 6) is -1.48. The van der Waals surface area contributed by atoms with Crippen molar-refractivity contribution in [2.45, 2.75) is 32.4 Å². The number of ether oxygens (including phenoxy) is 2. The first-order chi connectivity index (χ1) is 17.5. The van der Waals surface area contributed by atoms with Gasteiger partial charge in [0, 0.05) is 0 Å². The van der Waals surface area contributed by atoms with Crippen molar-refractivity contribution in [3.05, 3.63) is 84.2 Å². The van der Waals surface area contributed by atoms with Crippen molar-refractivity contribution < 1.29 is 28.3 Å². The lowest BCUT2D eigenvalue weighted by atomic mass is 9.90. The molecule has 2 amide bonds. The van der Waals surface area contributed by atoms with E-state index < -0.39 is 35.7 Å². The number of nitrogens with zero attached hydrogens (tertiary/aromatic N) is 2. The molecule has 0 N–H and O–H groups in total. The Balaban J connectivity index is 1.59. The number of rotatable bonds is 8. The number of hydroxylamine groups is 1. The van der Waals surface area contributed by atoms with Crippen molar-refractivity contribution in [1.82, 2.24) is 0 Å². The zero-order valence-corrected chi connectivity index (χ0v) is 20.1. The molecule has 8 heteroatoms. The average molecular weight is 491 g/mol. The van der Waals surface area contributed by atoms with Crippen LogP contribution in [-0.2, 0) is 14.4 Å². The number of halogens is 1. The van der Waals surface area contributed by atoms with Crippen molar-refractivity contribution in [1.29, 1.82) is 0 Å². The number of anilines is 2. The van der Waals surface area contributed by atoms with Gasteiger partial charge in [-0.1, -0.05) is 43.3 Å². The van der Waals surface area contributed by atoms with Crippen LogP contribution in [0.3, 0.4) is 0 Å². The lowest BCUT2D eigenvalue weighted by molar-refractivity contribution is -0.126. The molecule has 5 rings (SSSR count). The molecule has 2 saturated heterocycles. The van der Waals surface area contributed by atoms with E-state index in [1.165, 1.54) is 18.2 Å². The van der Waals surface area contributed by atoms with E-state index in [1.54, 1.807) is 11.1 Å². The molecule has 0 spiro atoms. The predicted octanol–water partition coefficient (Wildman–Crippen LogP) is 5.06. The molecular formula is C28H27FN2O5. The molecule has 2 fully saturated rings. The first-order valence-corrected chi connectivity index (χ1v) is 12.1. The quantitative estimate of drug-likeness (QED) is 0.411. The van der Waals surface area contributed by atoms with Crippen molar-refractivity contribution in [2.75, 3.05) is 23.2 Å². The standard InChI is InChI=1S/C28H27FN2O5/c1-3-16-35-22-15-14-18(17-23(22)34-4-2)25-24-26(36-31(25)19-10-6-5-7-11-19)28(33)30(27(24)32)21-13-9-8-12-20(21)29/h5-15,17,24-26H,3-4,16H2,1-2H3/t24-,25+,26+/m0/s1. The zero-order valence-electron chi connectivity index (χ0n) is 20.1. The summed E-state index contributed by atoms with van der Waals surface area (Å²) in [7, 11) is 0. The third-order valence-corrected chi connectivity index (χ3v) is 6.29. The van der Waals surface area contributed by atoms with E-state index in [2.05, 4.69) is 0 Å². The number of imide groups is 1. The molecule has 0 radical (unpaired) electrons. The van der Waals surface area contributed by atoms with Crippen molar-refractivity contribution in [2.24, 2.45) is 5.92 Å². The van der Waals surface area contributed by atoms with Gasteiger partial charge < -0.3 is 9.47 Å². The number of fused-ring (bicyclic) bond motifs is 1. The van der Waals surface area contributed by atoms with E-state index in [9.17, 15) is 14.0 Å². The minimum absolute atomic E-state index is 0.0752. The number of carbonyl (C=O) groups excluding carboxylic acids is 2.